The van der Waals surface area contributed by atoms with Crippen molar-refractivity contribution >= 4 is 5.84 Å². The lowest BCUT2D eigenvalue weighted by Gasteiger charge is -2.19. The van der Waals surface area contributed by atoms with E-state index in [0.717, 1.165) is 5.56 Å². The van der Waals surface area contributed by atoms with E-state index in [2.05, 4.69) is 21.4 Å². The van der Waals surface area contributed by atoms with Gasteiger partial charge in [0, 0.05) is 12.7 Å². The zero-order chi connectivity index (χ0) is 12.9. The standard InChI is InChI=1S/C12H16N4O/c1-4-12(2,3)15-8-9-5-6-14-10(7-9)11(13)16-17/h1,5-7,15,17H,8H2,2-3H3,(H2,13,16). The molecule has 0 aromatic carbocycles. The lowest BCUT2D eigenvalue weighted by molar-refractivity contribution is 0.318. The van der Waals surface area contributed by atoms with Gasteiger partial charge in [-0.15, -0.1) is 6.42 Å². The third-order valence-electron chi connectivity index (χ3n) is 2.29. The van der Waals surface area contributed by atoms with Gasteiger partial charge in [-0.2, -0.15) is 0 Å². The van der Waals surface area contributed by atoms with Crippen LogP contribution in [-0.4, -0.2) is 21.6 Å². The number of nitrogens with zero attached hydrogens (tertiary/aromatic N) is 2. The summed E-state index contributed by atoms with van der Waals surface area (Å²) in [5.74, 6) is 2.63. The number of terminal acetylenes is 1. The molecular formula is C12H16N4O. The molecule has 0 unspecified atom stereocenters. The van der Waals surface area contributed by atoms with Crippen LogP contribution in [0.15, 0.2) is 23.5 Å². The van der Waals surface area contributed by atoms with Gasteiger partial charge in [0.25, 0.3) is 0 Å². The van der Waals surface area contributed by atoms with Crippen molar-refractivity contribution in [2.24, 2.45) is 10.9 Å². The molecule has 5 nitrogen and oxygen atoms in total. The molecule has 0 radical (unpaired) electrons. The molecular weight excluding hydrogens is 216 g/mol. The number of aromatic nitrogens is 1. The average molecular weight is 232 g/mol. The van der Waals surface area contributed by atoms with Crippen LogP contribution in [0.2, 0.25) is 0 Å². The summed E-state index contributed by atoms with van der Waals surface area (Å²) in [6.45, 7) is 4.42. The molecule has 0 saturated carbocycles. The minimum absolute atomic E-state index is 0.0111. The van der Waals surface area contributed by atoms with Crippen molar-refractivity contribution in [1.82, 2.24) is 10.3 Å². The van der Waals surface area contributed by atoms with Gasteiger partial charge in [0.05, 0.1) is 5.54 Å². The van der Waals surface area contributed by atoms with Gasteiger partial charge < -0.3 is 10.9 Å². The largest absolute Gasteiger partial charge is 0.409 e. The minimum Gasteiger partial charge on any atom is -0.409 e. The maximum atomic E-state index is 8.56. The second-order valence-corrected chi connectivity index (χ2v) is 4.16. The Balaban J connectivity index is 2.77. The first-order valence-corrected chi connectivity index (χ1v) is 5.14. The Morgan fingerprint density at radius 3 is 3.00 bits per heavy atom. The van der Waals surface area contributed by atoms with Gasteiger partial charge in [-0.1, -0.05) is 11.1 Å². The topological polar surface area (TPSA) is 83.5 Å². The normalized spacial score (nSPS) is 12.2. The van der Waals surface area contributed by atoms with Gasteiger partial charge in [-0.05, 0) is 31.5 Å². The number of nitrogens with one attached hydrogen (secondary N) is 1. The zero-order valence-corrected chi connectivity index (χ0v) is 9.94. The van der Waals surface area contributed by atoms with Crippen molar-refractivity contribution in [3.8, 4) is 12.3 Å². The minimum atomic E-state index is -0.375. The van der Waals surface area contributed by atoms with Crippen LogP contribution in [0.25, 0.3) is 0 Å². The number of pyridine rings is 1. The van der Waals surface area contributed by atoms with Crippen LogP contribution in [0.4, 0.5) is 0 Å². The summed E-state index contributed by atoms with van der Waals surface area (Å²) < 4.78 is 0. The van der Waals surface area contributed by atoms with Crippen LogP contribution in [0.5, 0.6) is 0 Å². The molecule has 5 heteroatoms. The predicted molar refractivity (Wildman–Crippen MR) is 66.5 cm³/mol. The average Bonchev–Trinajstić information content (AvgIpc) is 2.36. The molecule has 90 valence electrons. The molecule has 0 saturated heterocycles. The fourth-order valence-electron chi connectivity index (χ4n) is 1.15. The smallest absolute Gasteiger partial charge is 0.188 e. The summed E-state index contributed by atoms with van der Waals surface area (Å²) in [6.07, 6.45) is 6.98. The molecule has 4 N–H and O–H groups in total. The van der Waals surface area contributed by atoms with Gasteiger partial charge in [-0.3, -0.25) is 10.3 Å². The second-order valence-electron chi connectivity index (χ2n) is 4.16. The van der Waals surface area contributed by atoms with E-state index >= 15 is 0 Å². The summed E-state index contributed by atoms with van der Waals surface area (Å²) in [7, 11) is 0. The predicted octanol–water partition coefficient (Wildman–Crippen LogP) is 0.677. The number of hydrogen-bond acceptors (Lipinski definition) is 4. The highest BCUT2D eigenvalue weighted by atomic mass is 16.4. The molecule has 1 heterocycles. The van der Waals surface area contributed by atoms with Gasteiger partial charge >= 0.3 is 0 Å². The van der Waals surface area contributed by atoms with Crippen LogP contribution in [-0.2, 0) is 6.54 Å². The number of rotatable bonds is 4. The fraction of sp³-hybridized carbons (Fsp3) is 0.333. The summed E-state index contributed by atoms with van der Waals surface area (Å²) in [4.78, 5) is 3.99. The van der Waals surface area contributed by atoms with Gasteiger partial charge in [-0.25, -0.2) is 0 Å². The van der Waals surface area contributed by atoms with Gasteiger partial charge in [0.1, 0.15) is 5.69 Å². The highest BCUT2D eigenvalue weighted by Crippen LogP contribution is 2.05. The van der Waals surface area contributed by atoms with Crippen molar-refractivity contribution in [3.63, 3.8) is 0 Å². The number of hydrogen-bond donors (Lipinski definition) is 3. The van der Waals surface area contributed by atoms with E-state index in [1.165, 1.54) is 0 Å². The van der Waals surface area contributed by atoms with Gasteiger partial charge in [0.15, 0.2) is 5.84 Å². The monoisotopic (exact) mass is 232 g/mol. The Hall–Kier alpha value is -2.06. The van der Waals surface area contributed by atoms with E-state index in [-0.39, 0.29) is 11.4 Å². The molecule has 0 fully saturated rings. The van der Waals surface area contributed by atoms with Crippen LogP contribution in [0.1, 0.15) is 25.1 Å². The van der Waals surface area contributed by atoms with Crippen molar-refractivity contribution in [2.45, 2.75) is 25.9 Å². The van der Waals surface area contributed by atoms with Crippen molar-refractivity contribution in [2.75, 3.05) is 0 Å². The highest BCUT2D eigenvalue weighted by Gasteiger charge is 2.12. The molecule has 0 aliphatic carbocycles. The molecule has 0 atom stereocenters. The van der Waals surface area contributed by atoms with E-state index in [4.69, 9.17) is 17.4 Å². The van der Waals surface area contributed by atoms with Crippen LogP contribution < -0.4 is 11.1 Å². The Labute approximate surface area is 101 Å². The summed E-state index contributed by atoms with van der Waals surface area (Å²) in [5, 5.41) is 14.7. The molecule has 1 aromatic rings. The van der Waals surface area contributed by atoms with Gasteiger partial charge in [0.2, 0.25) is 0 Å². The number of nitrogens with two attached hydrogens (primary N) is 1. The molecule has 0 aliphatic heterocycles. The van der Waals surface area contributed by atoms with Crippen LogP contribution >= 0.6 is 0 Å². The summed E-state index contributed by atoms with van der Waals surface area (Å²) in [5.41, 5.74) is 6.48. The van der Waals surface area contributed by atoms with E-state index in [9.17, 15) is 0 Å². The highest BCUT2D eigenvalue weighted by molar-refractivity contribution is 5.95. The second kappa shape index (κ2) is 5.32. The quantitative estimate of drug-likeness (QED) is 0.234. The summed E-state index contributed by atoms with van der Waals surface area (Å²) in [6, 6.07) is 3.59. The Morgan fingerprint density at radius 2 is 2.41 bits per heavy atom. The lowest BCUT2D eigenvalue weighted by atomic mass is 10.1. The molecule has 17 heavy (non-hydrogen) atoms. The summed E-state index contributed by atoms with van der Waals surface area (Å²) >= 11 is 0. The molecule has 1 aromatic heterocycles. The fourth-order valence-corrected chi connectivity index (χ4v) is 1.15. The van der Waals surface area contributed by atoms with E-state index in [1.54, 1.807) is 12.3 Å². The Morgan fingerprint density at radius 1 is 1.71 bits per heavy atom. The molecule has 1 rings (SSSR count). The maximum absolute atomic E-state index is 8.56. The Kier molecular flexibility index (Phi) is 4.07. The van der Waals surface area contributed by atoms with E-state index < -0.39 is 0 Å². The van der Waals surface area contributed by atoms with Crippen molar-refractivity contribution in [3.05, 3.63) is 29.6 Å². The number of amidine groups is 1. The number of oxime groups is 1. The zero-order valence-electron chi connectivity index (χ0n) is 9.94. The maximum Gasteiger partial charge on any atom is 0.188 e. The SMILES string of the molecule is C#CC(C)(C)NCc1ccnc(C(N)=NO)c1. The van der Waals surface area contributed by atoms with E-state index in [0.29, 0.717) is 12.2 Å². The van der Waals surface area contributed by atoms with E-state index in [1.807, 2.05) is 19.9 Å². The molecule has 0 bridgehead atoms. The molecule has 0 aliphatic rings. The first-order chi connectivity index (χ1) is 7.98. The van der Waals surface area contributed by atoms with Crippen LogP contribution in [0.3, 0.4) is 0 Å². The first kappa shape index (κ1) is 13.0. The Bertz CT molecular complexity index is 460. The third-order valence-corrected chi connectivity index (χ3v) is 2.29. The first-order valence-electron chi connectivity index (χ1n) is 5.14. The molecule has 0 amide bonds. The van der Waals surface area contributed by atoms with Crippen molar-refractivity contribution in [1.29, 1.82) is 0 Å². The lowest BCUT2D eigenvalue weighted by Crippen LogP contribution is -2.37. The third kappa shape index (κ3) is 3.78. The van der Waals surface area contributed by atoms with Crippen molar-refractivity contribution < 1.29 is 5.21 Å². The van der Waals surface area contributed by atoms with Crippen LogP contribution in [0, 0.1) is 12.3 Å². The molecule has 0 spiro atoms.